The number of ether oxygens (including phenoxy) is 1. The lowest BCUT2D eigenvalue weighted by Crippen LogP contribution is -1.95. The molecule has 0 fully saturated rings. The molecule has 0 radical (unpaired) electrons. The van der Waals surface area contributed by atoms with E-state index in [4.69, 9.17) is 4.74 Å². The summed E-state index contributed by atoms with van der Waals surface area (Å²) in [5.74, 6) is -0.271. The number of esters is 1. The van der Waals surface area contributed by atoms with E-state index in [0.29, 0.717) is 12.2 Å². The van der Waals surface area contributed by atoms with Gasteiger partial charge in [-0.3, -0.25) is 0 Å². The highest BCUT2D eigenvalue weighted by Crippen LogP contribution is 2.23. The van der Waals surface area contributed by atoms with Crippen molar-refractivity contribution in [2.75, 3.05) is 0 Å². The number of aliphatic hydroxyl groups excluding tert-OH is 1. The van der Waals surface area contributed by atoms with Crippen LogP contribution in [0.1, 0.15) is 34.5 Å². The second-order valence-electron chi connectivity index (χ2n) is 3.17. The van der Waals surface area contributed by atoms with Crippen LogP contribution in [0.4, 0.5) is 0 Å². The second-order valence-corrected chi connectivity index (χ2v) is 3.17. The third-order valence-electron chi connectivity index (χ3n) is 2.19. The summed E-state index contributed by atoms with van der Waals surface area (Å²) < 4.78 is 4.84. The van der Waals surface area contributed by atoms with Gasteiger partial charge in [-0.2, -0.15) is 0 Å². The van der Waals surface area contributed by atoms with Crippen molar-refractivity contribution in [3.63, 3.8) is 0 Å². The van der Waals surface area contributed by atoms with Crippen LogP contribution in [0.5, 0.6) is 0 Å². The summed E-state index contributed by atoms with van der Waals surface area (Å²) in [4.78, 5) is 11.1. The monoisotopic (exact) mass is 178 g/mol. The zero-order valence-electron chi connectivity index (χ0n) is 7.28. The lowest BCUT2D eigenvalue weighted by atomic mass is 10.0. The maximum absolute atomic E-state index is 11.1. The molecule has 2 rings (SSSR count). The molecule has 1 unspecified atom stereocenters. The van der Waals surface area contributed by atoms with E-state index in [2.05, 4.69) is 0 Å². The number of carbonyl (C=O) groups excluding carboxylic acids is 1. The predicted molar refractivity (Wildman–Crippen MR) is 46.2 cm³/mol. The molecule has 1 aromatic rings. The van der Waals surface area contributed by atoms with Crippen LogP contribution in [0.15, 0.2) is 18.2 Å². The second kappa shape index (κ2) is 2.85. The van der Waals surface area contributed by atoms with E-state index in [0.717, 1.165) is 11.1 Å². The van der Waals surface area contributed by atoms with Crippen molar-refractivity contribution in [2.24, 2.45) is 0 Å². The van der Waals surface area contributed by atoms with Gasteiger partial charge >= 0.3 is 5.97 Å². The molecule has 0 aromatic heterocycles. The highest BCUT2D eigenvalue weighted by molar-refractivity contribution is 5.93. The largest absolute Gasteiger partial charge is 0.457 e. The minimum Gasteiger partial charge on any atom is -0.457 e. The minimum atomic E-state index is -0.499. The first kappa shape index (κ1) is 8.26. The molecule has 0 amide bonds. The molecule has 3 heteroatoms. The number of rotatable bonds is 1. The first-order chi connectivity index (χ1) is 6.18. The van der Waals surface area contributed by atoms with E-state index in [9.17, 15) is 9.90 Å². The van der Waals surface area contributed by atoms with Gasteiger partial charge in [-0.1, -0.05) is 6.07 Å². The van der Waals surface area contributed by atoms with Gasteiger partial charge in [0.25, 0.3) is 0 Å². The first-order valence-corrected chi connectivity index (χ1v) is 4.16. The summed E-state index contributed by atoms with van der Waals surface area (Å²) in [5, 5.41) is 9.30. The van der Waals surface area contributed by atoms with Crippen molar-refractivity contribution < 1.29 is 14.6 Å². The molecule has 0 saturated carbocycles. The molecular weight excluding hydrogens is 168 g/mol. The van der Waals surface area contributed by atoms with Gasteiger partial charge in [0.1, 0.15) is 6.61 Å². The molecule has 0 spiro atoms. The van der Waals surface area contributed by atoms with E-state index in [1.807, 2.05) is 6.07 Å². The molecule has 1 heterocycles. The Morgan fingerprint density at radius 3 is 3.00 bits per heavy atom. The number of cyclic esters (lactones) is 1. The van der Waals surface area contributed by atoms with Crippen LogP contribution in [0, 0.1) is 0 Å². The van der Waals surface area contributed by atoms with Crippen LogP contribution in [0.3, 0.4) is 0 Å². The highest BCUT2D eigenvalue weighted by atomic mass is 16.5. The van der Waals surface area contributed by atoms with Gasteiger partial charge in [-0.15, -0.1) is 0 Å². The fraction of sp³-hybridized carbons (Fsp3) is 0.300. The smallest absolute Gasteiger partial charge is 0.338 e. The maximum atomic E-state index is 11.1. The first-order valence-electron chi connectivity index (χ1n) is 4.16. The van der Waals surface area contributed by atoms with E-state index >= 15 is 0 Å². The zero-order valence-corrected chi connectivity index (χ0v) is 7.28. The van der Waals surface area contributed by atoms with Gasteiger partial charge in [0.15, 0.2) is 0 Å². The zero-order chi connectivity index (χ0) is 9.42. The van der Waals surface area contributed by atoms with Gasteiger partial charge < -0.3 is 9.84 Å². The molecule has 0 aliphatic carbocycles. The number of fused-ring (bicyclic) bond motifs is 1. The Morgan fingerprint density at radius 2 is 2.31 bits per heavy atom. The normalized spacial score (nSPS) is 16.6. The van der Waals surface area contributed by atoms with Gasteiger partial charge in [0.2, 0.25) is 0 Å². The van der Waals surface area contributed by atoms with Crippen molar-refractivity contribution in [1.82, 2.24) is 0 Å². The Bertz CT molecular complexity index is 355. The summed E-state index contributed by atoms with van der Waals surface area (Å²) in [6, 6.07) is 5.26. The Labute approximate surface area is 76.0 Å². The van der Waals surface area contributed by atoms with Gasteiger partial charge in [-0.05, 0) is 24.6 Å². The van der Waals surface area contributed by atoms with E-state index in [-0.39, 0.29) is 5.97 Å². The summed E-state index contributed by atoms with van der Waals surface area (Å²) in [6.07, 6.45) is -0.499. The fourth-order valence-electron chi connectivity index (χ4n) is 1.41. The van der Waals surface area contributed by atoms with Crippen molar-refractivity contribution >= 4 is 5.97 Å². The highest BCUT2D eigenvalue weighted by Gasteiger charge is 2.21. The van der Waals surface area contributed by atoms with Crippen LogP contribution < -0.4 is 0 Å². The van der Waals surface area contributed by atoms with Crippen molar-refractivity contribution in [2.45, 2.75) is 19.6 Å². The van der Waals surface area contributed by atoms with E-state index in [1.165, 1.54) is 0 Å². The number of hydrogen-bond donors (Lipinski definition) is 1. The van der Waals surface area contributed by atoms with Crippen molar-refractivity contribution in [3.05, 3.63) is 34.9 Å². The molecule has 13 heavy (non-hydrogen) atoms. The molecule has 1 aliphatic heterocycles. The van der Waals surface area contributed by atoms with Crippen LogP contribution >= 0.6 is 0 Å². The third-order valence-corrected chi connectivity index (χ3v) is 2.19. The van der Waals surface area contributed by atoms with Gasteiger partial charge in [0, 0.05) is 5.56 Å². The molecular formula is C10H10O3. The predicted octanol–water partition coefficient (Wildman–Crippen LogP) is 1.41. The van der Waals surface area contributed by atoms with Crippen LogP contribution in [0.2, 0.25) is 0 Å². The number of carbonyl (C=O) groups is 1. The summed E-state index contributed by atoms with van der Waals surface area (Å²) in [7, 11) is 0. The van der Waals surface area contributed by atoms with E-state index < -0.39 is 6.10 Å². The Balaban J connectivity index is 2.45. The topological polar surface area (TPSA) is 46.5 Å². The average Bonchev–Trinajstić information content (AvgIpc) is 2.47. The van der Waals surface area contributed by atoms with E-state index in [1.54, 1.807) is 19.1 Å². The quantitative estimate of drug-likeness (QED) is 0.661. The van der Waals surface area contributed by atoms with Crippen molar-refractivity contribution in [1.29, 1.82) is 0 Å². The summed E-state index contributed by atoms with van der Waals surface area (Å²) in [5.41, 5.74) is 2.30. The average molecular weight is 178 g/mol. The number of aliphatic hydroxyl groups is 1. The lowest BCUT2D eigenvalue weighted by Gasteiger charge is -2.04. The molecule has 68 valence electrons. The summed E-state index contributed by atoms with van der Waals surface area (Å²) >= 11 is 0. The Kier molecular flexibility index (Phi) is 1.81. The molecule has 1 aliphatic rings. The van der Waals surface area contributed by atoms with Gasteiger partial charge in [-0.25, -0.2) is 4.79 Å². The Morgan fingerprint density at radius 1 is 1.54 bits per heavy atom. The molecule has 1 N–H and O–H groups in total. The maximum Gasteiger partial charge on any atom is 0.338 e. The molecule has 1 aromatic carbocycles. The van der Waals surface area contributed by atoms with Crippen molar-refractivity contribution in [3.8, 4) is 0 Å². The number of hydrogen-bond acceptors (Lipinski definition) is 3. The molecule has 0 bridgehead atoms. The van der Waals surface area contributed by atoms with Gasteiger partial charge in [0.05, 0.1) is 11.7 Å². The molecule has 0 saturated heterocycles. The third kappa shape index (κ3) is 1.31. The van der Waals surface area contributed by atoms with Crippen LogP contribution in [-0.2, 0) is 11.3 Å². The minimum absolute atomic E-state index is 0.271. The van der Waals surface area contributed by atoms with Crippen LogP contribution in [0.25, 0.3) is 0 Å². The fourth-order valence-corrected chi connectivity index (χ4v) is 1.41. The number of benzene rings is 1. The standard InChI is InChI=1S/C10H10O3/c1-6(11)7-2-3-9-8(4-7)5-13-10(9)12/h2-4,6,11H,5H2,1H3. The molecule has 3 nitrogen and oxygen atoms in total. The molecule has 1 atom stereocenters. The summed E-state index contributed by atoms with van der Waals surface area (Å²) in [6.45, 7) is 2.02. The van der Waals surface area contributed by atoms with Crippen LogP contribution in [-0.4, -0.2) is 11.1 Å². The Hall–Kier alpha value is -1.35. The SMILES string of the molecule is CC(O)c1ccc2c(c1)COC2=O. The lowest BCUT2D eigenvalue weighted by molar-refractivity contribution is 0.0535.